The zero-order valence-electron chi connectivity index (χ0n) is 13.8. The lowest BCUT2D eigenvalue weighted by Gasteiger charge is -2.07. The number of carbonyl (C=O) groups excluding carboxylic acids is 1. The third-order valence-corrected chi connectivity index (χ3v) is 3.88. The number of rotatable bonds is 4. The van der Waals surface area contributed by atoms with Gasteiger partial charge in [-0.3, -0.25) is 14.9 Å². The van der Waals surface area contributed by atoms with E-state index < -0.39 is 10.8 Å². The minimum absolute atomic E-state index is 0.0127. The number of hydrogen-bond donors (Lipinski definition) is 1. The molecule has 3 aromatic rings. The molecule has 2 aromatic carbocycles. The fourth-order valence-corrected chi connectivity index (χ4v) is 2.65. The number of aromatic nitrogens is 2. The Labute approximate surface area is 144 Å². The monoisotopic (exact) mass is 336 g/mol. The van der Waals surface area contributed by atoms with Crippen molar-refractivity contribution < 1.29 is 9.72 Å². The van der Waals surface area contributed by atoms with Crippen molar-refractivity contribution >= 4 is 17.3 Å². The minimum Gasteiger partial charge on any atom is -0.319 e. The lowest BCUT2D eigenvalue weighted by atomic mass is 10.1. The summed E-state index contributed by atoms with van der Waals surface area (Å²) >= 11 is 0. The van der Waals surface area contributed by atoms with Gasteiger partial charge in [-0.25, -0.2) is 4.68 Å². The highest BCUT2D eigenvalue weighted by molar-refractivity contribution is 6.07. The molecular formula is C18H16N4O3. The average Bonchev–Trinajstić information content (AvgIpc) is 2.90. The molecule has 3 rings (SSSR count). The van der Waals surface area contributed by atoms with E-state index in [1.807, 2.05) is 37.3 Å². The Morgan fingerprint density at radius 1 is 1.08 bits per heavy atom. The standard InChI is InChI=1S/C18H16N4O3/c1-12-17(13(2)21(20-12)14-8-4-3-5-9-14)19-18(23)15-10-6-7-11-16(15)22(24)25/h3-11H,1-2H3,(H,19,23). The second-order valence-corrected chi connectivity index (χ2v) is 5.52. The molecule has 0 aliphatic carbocycles. The number of nitrogens with zero attached hydrogens (tertiary/aromatic N) is 3. The molecule has 0 radical (unpaired) electrons. The molecule has 0 atom stereocenters. The van der Waals surface area contributed by atoms with E-state index in [0.29, 0.717) is 11.4 Å². The minimum atomic E-state index is -0.567. The molecule has 1 aromatic heterocycles. The number of anilines is 1. The van der Waals surface area contributed by atoms with Gasteiger partial charge in [0.25, 0.3) is 11.6 Å². The Hall–Kier alpha value is -3.48. The maximum absolute atomic E-state index is 12.5. The Morgan fingerprint density at radius 2 is 1.72 bits per heavy atom. The van der Waals surface area contributed by atoms with Gasteiger partial charge >= 0.3 is 0 Å². The second-order valence-electron chi connectivity index (χ2n) is 5.52. The van der Waals surface area contributed by atoms with Crippen molar-refractivity contribution in [2.45, 2.75) is 13.8 Å². The van der Waals surface area contributed by atoms with Crippen molar-refractivity contribution in [3.05, 3.63) is 81.7 Å². The van der Waals surface area contributed by atoms with Crippen LogP contribution in [0.2, 0.25) is 0 Å². The number of nitrogens with one attached hydrogen (secondary N) is 1. The molecule has 1 amide bonds. The van der Waals surface area contributed by atoms with Crippen molar-refractivity contribution in [1.29, 1.82) is 0 Å². The molecule has 126 valence electrons. The van der Waals surface area contributed by atoms with E-state index in [4.69, 9.17) is 0 Å². The number of hydrogen-bond acceptors (Lipinski definition) is 4. The lowest BCUT2D eigenvalue weighted by molar-refractivity contribution is -0.385. The van der Waals surface area contributed by atoms with Gasteiger partial charge in [-0.1, -0.05) is 30.3 Å². The molecule has 25 heavy (non-hydrogen) atoms. The summed E-state index contributed by atoms with van der Waals surface area (Å²) in [5.41, 5.74) is 2.58. The van der Waals surface area contributed by atoms with Crippen LogP contribution in [0, 0.1) is 24.0 Å². The SMILES string of the molecule is Cc1nn(-c2ccccc2)c(C)c1NC(=O)c1ccccc1[N+](=O)[O-]. The van der Waals surface area contributed by atoms with Crippen LogP contribution in [0.25, 0.3) is 5.69 Å². The summed E-state index contributed by atoms with van der Waals surface area (Å²) in [5.74, 6) is -0.536. The number of amides is 1. The molecule has 0 unspecified atom stereocenters. The number of para-hydroxylation sites is 2. The predicted molar refractivity (Wildman–Crippen MR) is 94.1 cm³/mol. The Kier molecular flexibility index (Phi) is 4.30. The van der Waals surface area contributed by atoms with Crippen molar-refractivity contribution in [2.24, 2.45) is 0 Å². The molecule has 1 N–H and O–H groups in total. The zero-order chi connectivity index (χ0) is 18.0. The van der Waals surface area contributed by atoms with Crippen LogP contribution in [0.15, 0.2) is 54.6 Å². The van der Waals surface area contributed by atoms with E-state index in [1.165, 1.54) is 18.2 Å². The van der Waals surface area contributed by atoms with Crippen molar-refractivity contribution in [2.75, 3.05) is 5.32 Å². The van der Waals surface area contributed by atoms with E-state index in [1.54, 1.807) is 17.7 Å². The largest absolute Gasteiger partial charge is 0.319 e. The molecule has 0 saturated carbocycles. The Morgan fingerprint density at radius 3 is 2.40 bits per heavy atom. The van der Waals surface area contributed by atoms with E-state index in [2.05, 4.69) is 10.4 Å². The molecular weight excluding hydrogens is 320 g/mol. The summed E-state index contributed by atoms with van der Waals surface area (Å²) in [7, 11) is 0. The van der Waals surface area contributed by atoms with Crippen LogP contribution in [0.4, 0.5) is 11.4 Å². The predicted octanol–water partition coefficient (Wildman–Crippen LogP) is 3.65. The van der Waals surface area contributed by atoms with Gasteiger partial charge in [0.15, 0.2) is 0 Å². The molecule has 1 heterocycles. The summed E-state index contributed by atoms with van der Waals surface area (Å²) in [6.07, 6.45) is 0. The van der Waals surface area contributed by atoms with Gasteiger partial charge in [-0.2, -0.15) is 5.10 Å². The molecule has 0 fully saturated rings. The first-order chi connectivity index (χ1) is 12.0. The highest BCUT2D eigenvalue weighted by Gasteiger charge is 2.22. The average molecular weight is 336 g/mol. The maximum atomic E-state index is 12.5. The highest BCUT2D eigenvalue weighted by Crippen LogP contribution is 2.25. The fraction of sp³-hybridized carbons (Fsp3) is 0.111. The highest BCUT2D eigenvalue weighted by atomic mass is 16.6. The zero-order valence-corrected chi connectivity index (χ0v) is 13.8. The van der Waals surface area contributed by atoms with Gasteiger partial charge in [0.1, 0.15) is 5.56 Å². The number of aryl methyl sites for hydroxylation is 1. The van der Waals surface area contributed by atoms with Crippen LogP contribution < -0.4 is 5.32 Å². The summed E-state index contributed by atoms with van der Waals surface area (Å²) in [4.78, 5) is 23.1. The molecule has 7 nitrogen and oxygen atoms in total. The third-order valence-electron chi connectivity index (χ3n) is 3.88. The van der Waals surface area contributed by atoms with Crippen molar-refractivity contribution in [3.63, 3.8) is 0 Å². The van der Waals surface area contributed by atoms with Crippen LogP contribution >= 0.6 is 0 Å². The van der Waals surface area contributed by atoms with Crippen LogP contribution in [-0.2, 0) is 0 Å². The molecule has 0 saturated heterocycles. The Bertz CT molecular complexity index is 948. The van der Waals surface area contributed by atoms with Crippen molar-refractivity contribution in [1.82, 2.24) is 9.78 Å². The van der Waals surface area contributed by atoms with Crippen LogP contribution in [0.1, 0.15) is 21.7 Å². The van der Waals surface area contributed by atoms with Gasteiger partial charge in [-0.05, 0) is 32.0 Å². The van der Waals surface area contributed by atoms with Gasteiger partial charge < -0.3 is 5.32 Å². The number of benzene rings is 2. The Balaban J connectivity index is 1.96. The lowest BCUT2D eigenvalue weighted by Crippen LogP contribution is -2.15. The van der Waals surface area contributed by atoms with E-state index in [-0.39, 0.29) is 11.3 Å². The van der Waals surface area contributed by atoms with Gasteiger partial charge in [0, 0.05) is 6.07 Å². The van der Waals surface area contributed by atoms with E-state index >= 15 is 0 Å². The molecule has 0 aliphatic heterocycles. The van der Waals surface area contributed by atoms with E-state index in [9.17, 15) is 14.9 Å². The number of carbonyl (C=O) groups is 1. The van der Waals surface area contributed by atoms with Crippen LogP contribution in [-0.4, -0.2) is 20.6 Å². The maximum Gasteiger partial charge on any atom is 0.282 e. The van der Waals surface area contributed by atoms with Gasteiger partial charge in [0.05, 0.1) is 27.7 Å². The molecule has 0 aliphatic rings. The van der Waals surface area contributed by atoms with Gasteiger partial charge in [-0.15, -0.1) is 0 Å². The first-order valence-electron chi connectivity index (χ1n) is 7.65. The first kappa shape index (κ1) is 16.4. The smallest absolute Gasteiger partial charge is 0.282 e. The van der Waals surface area contributed by atoms with E-state index in [0.717, 1.165) is 11.4 Å². The van der Waals surface area contributed by atoms with Crippen LogP contribution in [0.3, 0.4) is 0 Å². The fourth-order valence-electron chi connectivity index (χ4n) is 2.65. The number of nitro groups is 1. The molecule has 7 heteroatoms. The van der Waals surface area contributed by atoms with Crippen molar-refractivity contribution in [3.8, 4) is 5.69 Å². The first-order valence-corrected chi connectivity index (χ1v) is 7.65. The molecule has 0 bridgehead atoms. The quantitative estimate of drug-likeness (QED) is 0.581. The van der Waals surface area contributed by atoms with Gasteiger partial charge in [0.2, 0.25) is 0 Å². The summed E-state index contributed by atoms with van der Waals surface area (Å²) in [6.45, 7) is 3.61. The summed E-state index contributed by atoms with van der Waals surface area (Å²) in [6, 6.07) is 15.4. The topological polar surface area (TPSA) is 90.1 Å². The summed E-state index contributed by atoms with van der Waals surface area (Å²) < 4.78 is 1.73. The third kappa shape index (κ3) is 3.12. The summed E-state index contributed by atoms with van der Waals surface area (Å²) in [5, 5.41) is 18.3. The second kappa shape index (κ2) is 6.56. The normalized spacial score (nSPS) is 10.5. The van der Waals surface area contributed by atoms with Crippen LogP contribution in [0.5, 0.6) is 0 Å². The molecule has 0 spiro atoms. The number of nitro benzene ring substituents is 1.